The monoisotopic (exact) mass is 283 g/mol. The van der Waals surface area contributed by atoms with Gasteiger partial charge in [0.2, 0.25) is 10.0 Å². The third-order valence-corrected chi connectivity index (χ3v) is 4.55. The van der Waals surface area contributed by atoms with Gasteiger partial charge in [0.1, 0.15) is 4.90 Å². The van der Waals surface area contributed by atoms with Gasteiger partial charge in [0.25, 0.3) is 0 Å². The van der Waals surface area contributed by atoms with Crippen molar-refractivity contribution in [2.24, 2.45) is 0 Å². The molecule has 7 heteroatoms. The predicted molar refractivity (Wildman–Crippen MR) is 72.1 cm³/mol. The molecule has 96 valence electrons. The molecule has 18 heavy (non-hydrogen) atoms. The summed E-state index contributed by atoms with van der Waals surface area (Å²) in [4.78, 5) is 4.00. The summed E-state index contributed by atoms with van der Waals surface area (Å²) in [6, 6.07) is 3.51. The van der Waals surface area contributed by atoms with E-state index < -0.39 is 10.0 Å². The molecule has 0 aliphatic rings. The lowest BCUT2D eigenvalue weighted by atomic mass is 10.4. The highest BCUT2D eigenvalue weighted by Gasteiger charge is 2.17. The number of thiophene rings is 1. The van der Waals surface area contributed by atoms with Crippen LogP contribution >= 0.6 is 11.3 Å². The zero-order valence-corrected chi connectivity index (χ0v) is 11.4. The Bertz CT molecular complexity index is 609. The molecule has 0 aliphatic carbocycles. The third-order valence-electron chi connectivity index (χ3n) is 2.39. The largest absolute Gasteiger partial charge is 0.387 e. The maximum absolute atomic E-state index is 12.1. The maximum Gasteiger partial charge on any atom is 0.244 e. The molecular weight excluding hydrogens is 270 g/mol. The van der Waals surface area contributed by atoms with Crippen LogP contribution in [0.15, 0.2) is 40.2 Å². The highest BCUT2D eigenvalue weighted by Crippen LogP contribution is 2.19. The molecule has 2 aromatic heterocycles. The van der Waals surface area contributed by atoms with Crippen molar-refractivity contribution >= 4 is 27.0 Å². The second-order valence-corrected chi connectivity index (χ2v) is 6.09. The number of pyridine rings is 1. The molecule has 2 aromatic rings. The van der Waals surface area contributed by atoms with E-state index in [0.717, 1.165) is 5.56 Å². The Labute approximate surface area is 110 Å². The minimum Gasteiger partial charge on any atom is -0.387 e. The van der Waals surface area contributed by atoms with E-state index in [-0.39, 0.29) is 11.4 Å². The summed E-state index contributed by atoms with van der Waals surface area (Å²) in [5.41, 5.74) is 1.47. The SMILES string of the molecule is CNc1ccncc1S(=O)(=O)NCc1ccsc1. The van der Waals surface area contributed by atoms with Crippen molar-refractivity contribution in [1.29, 1.82) is 0 Å². The van der Waals surface area contributed by atoms with Crippen molar-refractivity contribution < 1.29 is 8.42 Å². The van der Waals surface area contributed by atoms with Gasteiger partial charge in [-0.1, -0.05) is 0 Å². The molecular formula is C11H13N3O2S2. The van der Waals surface area contributed by atoms with Gasteiger partial charge in [-0.15, -0.1) is 0 Å². The van der Waals surface area contributed by atoms with Gasteiger partial charge in [-0.3, -0.25) is 4.98 Å². The number of hydrogen-bond donors (Lipinski definition) is 2. The van der Waals surface area contributed by atoms with Crippen LogP contribution in [-0.2, 0) is 16.6 Å². The van der Waals surface area contributed by atoms with E-state index in [2.05, 4.69) is 15.0 Å². The van der Waals surface area contributed by atoms with E-state index in [1.807, 2.05) is 16.8 Å². The topological polar surface area (TPSA) is 71.1 Å². The van der Waals surface area contributed by atoms with Crippen LogP contribution in [0, 0.1) is 0 Å². The fourth-order valence-corrected chi connectivity index (χ4v) is 3.29. The van der Waals surface area contributed by atoms with Crippen molar-refractivity contribution in [2.75, 3.05) is 12.4 Å². The first kappa shape index (κ1) is 13.0. The second-order valence-electron chi connectivity index (χ2n) is 3.58. The number of nitrogens with one attached hydrogen (secondary N) is 2. The summed E-state index contributed by atoms with van der Waals surface area (Å²) in [5, 5.41) is 6.65. The lowest BCUT2D eigenvalue weighted by Crippen LogP contribution is -2.24. The number of anilines is 1. The van der Waals surface area contributed by atoms with E-state index in [4.69, 9.17) is 0 Å². The van der Waals surface area contributed by atoms with Crippen LogP contribution in [0.1, 0.15) is 5.56 Å². The Morgan fingerprint density at radius 1 is 1.39 bits per heavy atom. The van der Waals surface area contributed by atoms with Gasteiger partial charge in [-0.2, -0.15) is 11.3 Å². The van der Waals surface area contributed by atoms with Crippen molar-refractivity contribution in [3.05, 3.63) is 40.8 Å². The number of sulfonamides is 1. The Kier molecular flexibility index (Phi) is 3.95. The molecule has 2 N–H and O–H groups in total. The summed E-state index contributed by atoms with van der Waals surface area (Å²) in [7, 11) is -1.88. The fraction of sp³-hybridized carbons (Fsp3) is 0.182. The van der Waals surface area contributed by atoms with Gasteiger partial charge < -0.3 is 5.32 Å². The Morgan fingerprint density at radius 2 is 2.22 bits per heavy atom. The molecule has 0 saturated heterocycles. The van der Waals surface area contributed by atoms with Gasteiger partial charge in [-0.25, -0.2) is 13.1 Å². The lowest BCUT2D eigenvalue weighted by molar-refractivity contribution is 0.581. The summed E-state index contributed by atoms with van der Waals surface area (Å²) in [6.07, 6.45) is 2.88. The molecule has 0 aliphatic heterocycles. The van der Waals surface area contributed by atoms with E-state index >= 15 is 0 Å². The van der Waals surface area contributed by atoms with Crippen LogP contribution in [-0.4, -0.2) is 20.4 Å². The molecule has 0 radical (unpaired) electrons. The van der Waals surface area contributed by atoms with Gasteiger partial charge >= 0.3 is 0 Å². The van der Waals surface area contributed by atoms with Gasteiger partial charge in [0.15, 0.2) is 0 Å². The van der Waals surface area contributed by atoms with Crippen LogP contribution < -0.4 is 10.0 Å². The van der Waals surface area contributed by atoms with Gasteiger partial charge in [0.05, 0.1) is 5.69 Å². The first-order valence-electron chi connectivity index (χ1n) is 5.26. The van der Waals surface area contributed by atoms with Gasteiger partial charge in [-0.05, 0) is 28.5 Å². The minimum absolute atomic E-state index is 0.155. The molecule has 0 fully saturated rings. The quantitative estimate of drug-likeness (QED) is 0.875. The van der Waals surface area contributed by atoms with Crippen molar-refractivity contribution in [3.8, 4) is 0 Å². The molecule has 2 heterocycles. The van der Waals surface area contributed by atoms with Crippen LogP contribution in [0.2, 0.25) is 0 Å². The predicted octanol–water partition coefficient (Wildman–Crippen LogP) is 1.66. The van der Waals surface area contributed by atoms with E-state index in [1.54, 1.807) is 19.3 Å². The lowest BCUT2D eigenvalue weighted by Gasteiger charge is -2.09. The summed E-state index contributed by atoms with van der Waals surface area (Å²) >= 11 is 1.53. The number of nitrogens with zero attached hydrogens (tertiary/aromatic N) is 1. The molecule has 0 unspecified atom stereocenters. The third kappa shape index (κ3) is 2.87. The molecule has 0 amide bonds. The molecule has 0 atom stereocenters. The van der Waals surface area contributed by atoms with Crippen molar-refractivity contribution in [1.82, 2.24) is 9.71 Å². The zero-order chi connectivity index (χ0) is 13.0. The highest BCUT2D eigenvalue weighted by atomic mass is 32.2. The van der Waals surface area contributed by atoms with E-state index in [1.165, 1.54) is 17.5 Å². The second kappa shape index (κ2) is 5.47. The smallest absolute Gasteiger partial charge is 0.244 e. The Balaban J connectivity index is 2.20. The molecule has 0 saturated carbocycles. The van der Waals surface area contributed by atoms with Crippen molar-refractivity contribution in [3.63, 3.8) is 0 Å². The minimum atomic E-state index is -3.55. The maximum atomic E-state index is 12.1. The average Bonchev–Trinajstić information content (AvgIpc) is 2.89. The van der Waals surface area contributed by atoms with Crippen LogP contribution in [0.25, 0.3) is 0 Å². The van der Waals surface area contributed by atoms with Crippen LogP contribution in [0.4, 0.5) is 5.69 Å². The molecule has 5 nitrogen and oxygen atoms in total. The summed E-state index contributed by atoms with van der Waals surface area (Å²) in [5.74, 6) is 0. The van der Waals surface area contributed by atoms with Crippen molar-refractivity contribution in [2.45, 2.75) is 11.4 Å². The number of hydrogen-bond acceptors (Lipinski definition) is 5. The molecule has 0 spiro atoms. The molecule has 0 aromatic carbocycles. The van der Waals surface area contributed by atoms with Crippen LogP contribution in [0.3, 0.4) is 0 Å². The Hall–Kier alpha value is -1.44. The van der Waals surface area contributed by atoms with E-state index in [9.17, 15) is 8.42 Å². The molecule has 2 rings (SSSR count). The summed E-state index contributed by atoms with van der Waals surface area (Å²) in [6.45, 7) is 0.282. The van der Waals surface area contributed by atoms with Gasteiger partial charge in [0, 0.05) is 26.0 Å². The Morgan fingerprint density at radius 3 is 2.89 bits per heavy atom. The average molecular weight is 283 g/mol. The number of aromatic nitrogens is 1. The number of rotatable bonds is 5. The molecule has 0 bridgehead atoms. The standard InChI is InChI=1S/C11H13N3O2S2/c1-12-10-2-4-13-7-11(10)18(15,16)14-6-9-3-5-17-8-9/h2-5,7-8,14H,6H2,1H3,(H,12,13). The fourth-order valence-electron chi connectivity index (χ4n) is 1.45. The normalized spacial score (nSPS) is 11.4. The van der Waals surface area contributed by atoms with Crippen LogP contribution in [0.5, 0.6) is 0 Å². The van der Waals surface area contributed by atoms with E-state index in [0.29, 0.717) is 5.69 Å². The highest BCUT2D eigenvalue weighted by molar-refractivity contribution is 7.89. The first-order chi connectivity index (χ1) is 8.63. The summed E-state index contributed by atoms with van der Waals surface area (Å²) < 4.78 is 26.8. The first-order valence-corrected chi connectivity index (χ1v) is 7.68. The zero-order valence-electron chi connectivity index (χ0n) is 9.75.